The molecule has 0 radical (unpaired) electrons. The standard InChI is InChI=1S/C14H14ClN3O/c1-8-11(7-17-18(8)2)14(16)13-6-9-5-10(15)3-4-12(9)19-13/h3-7,14H,16H2,1-2H3. The number of aromatic nitrogens is 2. The predicted octanol–water partition coefficient (Wildman–Crippen LogP) is 3.18. The maximum atomic E-state index is 6.25. The molecule has 2 heterocycles. The molecule has 0 spiro atoms. The van der Waals surface area contributed by atoms with E-state index in [0.717, 1.165) is 22.2 Å². The summed E-state index contributed by atoms with van der Waals surface area (Å²) in [6.45, 7) is 1.99. The first-order chi connectivity index (χ1) is 9.06. The molecule has 0 aliphatic heterocycles. The number of furan rings is 1. The van der Waals surface area contributed by atoms with E-state index < -0.39 is 0 Å². The van der Waals surface area contributed by atoms with Crippen LogP contribution in [0.4, 0.5) is 0 Å². The average Bonchev–Trinajstić information content (AvgIpc) is 2.93. The monoisotopic (exact) mass is 275 g/mol. The fraction of sp³-hybridized carbons (Fsp3) is 0.214. The Morgan fingerprint density at radius 3 is 2.84 bits per heavy atom. The largest absolute Gasteiger partial charge is 0.459 e. The van der Waals surface area contributed by atoms with Gasteiger partial charge in [0.15, 0.2) is 0 Å². The van der Waals surface area contributed by atoms with Crippen LogP contribution in [-0.2, 0) is 7.05 Å². The highest BCUT2D eigenvalue weighted by Gasteiger charge is 2.18. The Hall–Kier alpha value is -1.78. The first-order valence-corrected chi connectivity index (χ1v) is 6.37. The van der Waals surface area contributed by atoms with Crippen LogP contribution < -0.4 is 5.73 Å². The van der Waals surface area contributed by atoms with Crippen molar-refractivity contribution in [2.24, 2.45) is 12.8 Å². The average molecular weight is 276 g/mol. The SMILES string of the molecule is Cc1c(C(N)c2cc3cc(Cl)ccc3o2)cnn1C. The van der Waals surface area contributed by atoms with Crippen molar-refractivity contribution in [3.63, 3.8) is 0 Å². The number of benzene rings is 1. The highest BCUT2D eigenvalue weighted by molar-refractivity contribution is 6.31. The topological polar surface area (TPSA) is 57.0 Å². The zero-order valence-electron chi connectivity index (χ0n) is 10.7. The second kappa shape index (κ2) is 4.40. The Balaban J connectivity index is 2.06. The number of nitrogens with two attached hydrogens (primary N) is 1. The Kier molecular flexibility index (Phi) is 2.84. The summed E-state index contributed by atoms with van der Waals surface area (Å²) < 4.78 is 7.58. The molecule has 98 valence electrons. The summed E-state index contributed by atoms with van der Waals surface area (Å²) in [5.74, 6) is 0.716. The van der Waals surface area contributed by atoms with Crippen LogP contribution in [0.5, 0.6) is 0 Å². The Morgan fingerprint density at radius 2 is 2.16 bits per heavy atom. The number of nitrogens with zero attached hydrogens (tertiary/aromatic N) is 2. The van der Waals surface area contributed by atoms with Crippen molar-refractivity contribution in [2.45, 2.75) is 13.0 Å². The predicted molar refractivity (Wildman–Crippen MR) is 75.2 cm³/mol. The van der Waals surface area contributed by atoms with Crippen LogP contribution in [0, 0.1) is 6.92 Å². The Bertz CT molecular complexity index is 744. The van der Waals surface area contributed by atoms with Gasteiger partial charge < -0.3 is 10.2 Å². The molecular weight excluding hydrogens is 262 g/mol. The smallest absolute Gasteiger partial charge is 0.134 e. The molecule has 3 aromatic rings. The van der Waals surface area contributed by atoms with E-state index in [2.05, 4.69) is 5.10 Å². The lowest BCUT2D eigenvalue weighted by Gasteiger charge is -2.07. The molecule has 19 heavy (non-hydrogen) atoms. The summed E-state index contributed by atoms with van der Waals surface area (Å²) in [7, 11) is 1.89. The van der Waals surface area contributed by atoms with Crippen molar-refractivity contribution < 1.29 is 4.42 Å². The maximum Gasteiger partial charge on any atom is 0.134 e. The molecular formula is C14H14ClN3O. The normalized spacial score (nSPS) is 13.1. The highest BCUT2D eigenvalue weighted by Crippen LogP contribution is 2.29. The van der Waals surface area contributed by atoms with E-state index in [1.54, 1.807) is 16.9 Å². The minimum atomic E-state index is -0.320. The molecule has 0 aliphatic carbocycles. The molecule has 3 rings (SSSR count). The van der Waals surface area contributed by atoms with Crippen molar-refractivity contribution in [3.8, 4) is 0 Å². The summed E-state index contributed by atoms with van der Waals surface area (Å²) >= 11 is 5.97. The van der Waals surface area contributed by atoms with Crippen molar-refractivity contribution in [3.05, 3.63) is 52.5 Å². The lowest BCUT2D eigenvalue weighted by atomic mass is 10.1. The fourth-order valence-electron chi connectivity index (χ4n) is 2.16. The molecule has 0 fully saturated rings. The summed E-state index contributed by atoms with van der Waals surface area (Å²) in [5, 5.41) is 5.85. The molecule has 1 aromatic carbocycles. The number of aryl methyl sites for hydroxylation is 1. The van der Waals surface area contributed by atoms with Crippen LogP contribution in [0.15, 0.2) is 34.9 Å². The molecule has 0 amide bonds. The molecule has 1 atom stereocenters. The van der Waals surface area contributed by atoms with Gasteiger partial charge in [-0.3, -0.25) is 4.68 Å². The molecule has 1 unspecified atom stereocenters. The molecule has 0 saturated carbocycles. The van der Waals surface area contributed by atoms with Gasteiger partial charge in [0.05, 0.1) is 12.2 Å². The third-order valence-electron chi connectivity index (χ3n) is 3.41. The zero-order valence-corrected chi connectivity index (χ0v) is 11.5. The quantitative estimate of drug-likeness (QED) is 0.781. The van der Waals surface area contributed by atoms with Gasteiger partial charge in [0.1, 0.15) is 11.3 Å². The zero-order chi connectivity index (χ0) is 13.6. The number of hydrogen-bond acceptors (Lipinski definition) is 3. The first-order valence-electron chi connectivity index (χ1n) is 5.99. The third-order valence-corrected chi connectivity index (χ3v) is 3.65. The molecule has 5 heteroatoms. The second-order valence-electron chi connectivity index (χ2n) is 4.62. The van der Waals surface area contributed by atoms with Crippen molar-refractivity contribution >= 4 is 22.6 Å². The van der Waals surface area contributed by atoms with Gasteiger partial charge in [-0.15, -0.1) is 0 Å². The molecule has 2 aromatic heterocycles. The lowest BCUT2D eigenvalue weighted by Crippen LogP contribution is -2.11. The molecule has 2 N–H and O–H groups in total. The van der Waals surface area contributed by atoms with Crippen molar-refractivity contribution in [1.82, 2.24) is 9.78 Å². The maximum absolute atomic E-state index is 6.25. The van der Waals surface area contributed by atoms with Gasteiger partial charge >= 0.3 is 0 Å². The summed E-state index contributed by atoms with van der Waals surface area (Å²) in [6, 6.07) is 7.13. The van der Waals surface area contributed by atoms with Crippen LogP contribution in [0.25, 0.3) is 11.0 Å². The van der Waals surface area contributed by atoms with Crippen LogP contribution >= 0.6 is 11.6 Å². The minimum Gasteiger partial charge on any atom is -0.459 e. The van der Waals surface area contributed by atoms with Gasteiger partial charge in [-0.25, -0.2) is 0 Å². The van der Waals surface area contributed by atoms with Crippen LogP contribution in [-0.4, -0.2) is 9.78 Å². The van der Waals surface area contributed by atoms with E-state index in [9.17, 15) is 0 Å². The number of rotatable bonds is 2. The summed E-state index contributed by atoms with van der Waals surface area (Å²) in [5.41, 5.74) is 9.04. The number of fused-ring (bicyclic) bond motifs is 1. The van der Waals surface area contributed by atoms with E-state index in [0.29, 0.717) is 10.8 Å². The van der Waals surface area contributed by atoms with Crippen LogP contribution in [0.2, 0.25) is 5.02 Å². The summed E-state index contributed by atoms with van der Waals surface area (Å²) in [6.07, 6.45) is 1.78. The van der Waals surface area contributed by atoms with Gasteiger partial charge in [-0.05, 0) is 31.2 Å². The van der Waals surface area contributed by atoms with Gasteiger partial charge in [0.25, 0.3) is 0 Å². The lowest BCUT2D eigenvalue weighted by molar-refractivity contribution is 0.524. The van der Waals surface area contributed by atoms with Gasteiger partial charge in [-0.1, -0.05) is 11.6 Å². The minimum absolute atomic E-state index is 0.320. The fourth-order valence-corrected chi connectivity index (χ4v) is 2.34. The highest BCUT2D eigenvalue weighted by atomic mass is 35.5. The van der Waals surface area contributed by atoms with Gasteiger partial charge in [0, 0.05) is 28.7 Å². The van der Waals surface area contributed by atoms with Crippen LogP contribution in [0.1, 0.15) is 23.1 Å². The number of hydrogen-bond donors (Lipinski definition) is 1. The molecule has 0 saturated heterocycles. The van der Waals surface area contributed by atoms with Crippen molar-refractivity contribution in [2.75, 3.05) is 0 Å². The van der Waals surface area contributed by atoms with Crippen molar-refractivity contribution in [1.29, 1.82) is 0 Å². The van der Waals surface area contributed by atoms with E-state index >= 15 is 0 Å². The van der Waals surface area contributed by atoms with E-state index in [1.807, 2.05) is 32.2 Å². The molecule has 4 nitrogen and oxygen atoms in total. The Labute approximate surface area is 115 Å². The van der Waals surface area contributed by atoms with E-state index in [-0.39, 0.29) is 6.04 Å². The summed E-state index contributed by atoms with van der Waals surface area (Å²) in [4.78, 5) is 0. The second-order valence-corrected chi connectivity index (χ2v) is 5.05. The van der Waals surface area contributed by atoms with Gasteiger partial charge in [0.2, 0.25) is 0 Å². The number of halogens is 1. The van der Waals surface area contributed by atoms with E-state index in [1.165, 1.54) is 0 Å². The van der Waals surface area contributed by atoms with E-state index in [4.69, 9.17) is 21.8 Å². The molecule has 0 bridgehead atoms. The van der Waals surface area contributed by atoms with Gasteiger partial charge in [-0.2, -0.15) is 5.10 Å². The molecule has 0 aliphatic rings. The first kappa shape index (κ1) is 12.3. The third kappa shape index (κ3) is 2.03. The Morgan fingerprint density at radius 1 is 1.37 bits per heavy atom. The van der Waals surface area contributed by atoms with Crippen LogP contribution in [0.3, 0.4) is 0 Å².